The highest BCUT2D eigenvalue weighted by Crippen LogP contribution is 2.22. The van der Waals surface area contributed by atoms with E-state index < -0.39 is 0 Å². The molecule has 0 unspecified atom stereocenters. The van der Waals surface area contributed by atoms with Crippen LogP contribution in [-0.4, -0.2) is 36.2 Å². The van der Waals surface area contributed by atoms with E-state index in [4.69, 9.17) is 11.6 Å². The van der Waals surface area contributed by atoms with Gasteiger partial charge in [-0.3, -0.25) is 9.69 Å². The maximum absolute atomic E-state index is 14.0. The zero-order chi connectivity index (χ0) is 20.6. The molecule has 6 heteroatoms. The summed E-state index contributed by atoms with van der Waals surface area (Å²) < 4.78 is 14.0. The van der Waals surface area contributed by atoms with Gasteiger partial charge in [0.1, 0.15) is 5.82 Å². The summed E-state index contributed by atoms with van der Waals surface area (Å²) in [6, 6.07) is 13.3. The van der Waals surface area contributed by atoms with Crippen molar-refractivity contribution in [2.24, 2.45) is 5.92 Å². The van der Waals surface area contributed by atoms with E-state index in [0.29, 0.717) is 23.7 Å². The van der Waals surface area contributed by atoms with E-state index in [0.717, 1.165) is 37.4 Å². The number of thioether (sulfide) groups is 1. The van der Waals surface area contributed by atoms with Gasteiger partial charge in [-0.15, -0.1) is 0 Å². The number of nitrogens with one attached hydrogen (secondary N) is 1. The number of rotatable bonds is 8. The van der Waals surface area contributed by atoms with Gasteiger partial charge in [0, 0.05) is 41.1 Å². The minimum atomic E-state index is -0.263. The molecule has 1 fully saturated rings. The molecule has 156 valence electrons. The maximum Gasteiger partial charge on any atom is 0.223 e. The lowest BCUT2D eigenvalue weighted by Gasteiger charge is -2.31. The number of nitrogens with zero attached hydrogens (tertiary/aromatic N) is 1. The Bertz CT molecular complexity index is 824. The van der Waals surface area contributed by atoms with Gasteiger partial charge < -0.3 is 5.32 Å². The first-order valence-corrected chi connectivity index (χ1v) is 11.6. The molecule has 0 radical (unpaired) electrons. The Morgan fingerprint density at radius 3 is 2.76 bits per heavy atom. The quantitative estimate of drug-likeness (QED) is 0.590. The number of benzene rings is 2. The van der Waals surface area contributed by atoms with Gasteiger partial charge >= 0.3 is 0 Å². The van der Waals surface area contributed by atoms with E-state index >= 15 is 0 Å². The van der Waals surface area contributed by atoms with E-state index in [-0.39, 0.29) is 17.6 Å². The SMILES string of the molecule is Cc1cccc(CSCCNC(=O)C2CCN(Cc3ccc(Cl)cc3F)CC2)c1. The second-order valence-corrected chi connectivity index (χ2v) is 9.16. The van der Waals surface area contributed by atoms with Crippen LogP contribution in [0, 0.1) is 18.7 Å². The monoisotopic (exact) mass is 434 g/mol. The number of carbonyl (C=O) groups excluding carboxylic acids is 1. The average Bonchev–Trinajstić information content (AvgIpc) is 2.70. The lowest BCUT2D eigenvalue weighted by molar-refractivity contribution is -0.126. The molecule has 29 heavy (non-hydrogen) atoms. The molecule has 3 nitrogen and oxygen atoms in total. The molecular weight excluding hydrogens is 407 g/mol. The van der Waals surface area contributed by atoms with Gasteiger partial charge in [0.15, 0.2) is 0 Å². The van der Waals surface area contributed by atoms with Crippen molar-refractivity contribution >= 4 is 29.3 Å². The summed E-state index contributed by atoms with van der Waals surface area (Å²) in [6.45, 7) is 4.98. The van der Waals surface area contributed by atoms with E-state index in [1.54, 1.807) is 12.1 Å². The van der Waals surface area contributed by atoms with Crippen LogP contribution in [0.2, 0.25) is 5.02 Å². The molecule has 0 spiro atoms. The second-order valence-electron chi connectivity index (χ2n) is 7.62. The molecule has 1 amide bonds. The molecule has 3 rings (SSSR count). The van der Waals surface area contributed by atoms with Crippen LogP contribution in [0.3, 0.4) is 0 Å². The number of likely N-dealkylation sites (tertiary alicyclic amines) is 1. The summed E-state index contributed by atoms with van der Waals surface area (Å²) in [7, 11) is 0. The number of aryl methyl sites for hydroxylation is 1. The Balaban J connectivity index is 1.32. The largest absolute Gasteiger partial charge is 0.355 e. The summed E-state index contributed by atoms with van der Waals surface area (Å²) in [5, 5.41) is 3.49. The third-order valence-electron chi connectivity index (χ3n) is 5.26. The fourth-order valence-electron chi connectivity index (χ4n) is 3.63. The van der Waals surface area contributed by atoms with Crippen molar-refractivity contribution < 1.29 is 9.18 Å². The fraction of sp³-hybridized carbons (Fsp3) is 0.435. The van der Waals surface area contributed by atoms with Crippen LogP contribution in [0.5, 0.6) is 0 Å². The molecule has 0 bridgehead atoms. The Morgan fingerprint density at radius 1 is 1.24 bits per heavy atom. The van der Waals surface area contributed by atoms with Crippen molar-refractivity contribution in [3.05, 3.63) is 70.0 Å². The maximum atomic E-state index is 14.0. The van der Waals surface area contributed by atoms with Gasteiger partial charge in [-0.05, 0) is 50.6 Å². The van der Waals surface area contributed by atoms with Crippen molar-refractivity contribution in [2.45, 2.75) is 32.1 Å². The molecule has 1 aliphatic rings. The van der Waals surface area contributed by atoms with Crippen molar-refractivity contribution in [2.75, 3.05) is 25.4 Å². The van der Waals surface area contributed by atoms with Crippen molar-refractivity contribution in [3.63, 3.8) is 0 Å². The normalized spacial score (nSPS) is 15.4. The van der Waals surface area contributed by atoms with Gasteiger partial charge in [-0.1, -0.05) is 47.5 Å². The predicted octanol–water partition coefficient (Wildman–Crippen LogP) is 5.05. The van der Waals surface area contributed by atoms with Gasteiger partial charge in [0.05, 0.1) is 0 Å². The first kappa shape index (κ1) is 22.1. The Morgan fingerprint density at radius 2 is 2.03 bits per heavy atom. The van der Waals surface area contributed by atoms with Crippen LogP contribution in [0.1, 0.15) is 29.5 Å². The highest BCUT2D eigenvalue weighted by molar-refractivity contribution is 7.98. The highest BCUT2D eigenvalue weighted by Gasteiger charge is 2.25. The predicted molar refractivity (Wildman–Crippen MR) is 120 cm³/mol. The second kappa shape index (κ2) is 11.0. The topological polar surface area (TPSA) is 32.3 Å². The van der Waals surface area contributed by atoms with Crippen LogP contribution >= 0.6 is 23.4 Å². The third kappa shape index (κ3) is 7.02. The zero-order valence-electron chi connectivity index (χ0n) is 16.8. The third-order valence-corrected chi connectivity index (χ3v) is 6.53. The molecule has 0 aromatic heterocycles. The number of amides is 1. The zero-order valence-corrected chi connectivity index (χ0v) is 18.4. The minimum Gasteiger partial charge on any atom is -0.355 e. The van der Waals surface area contributed by atoms with E-state index in [1.807, 2.05) is 11.8 Å². The minimum absolute atomic E-state index is 0.0584. The molecule has 1 saturated heterocycles. The fourth-order valence-corrected chi connectivity index (χ4v) is 4.59. The number of carbonyl (C=O) groups is 1. The van der Waals surface area contributed by atoms with Crippen LogP contribution in [-0.2, 0) is 17.1 Å². The summed E-state index contributed by atoms with van der Waals surface area (Å²) >= 11 is 7.65. The number of hydrogen-bond acceptors (Lipinski definition) is 3. The lowest BCUT2D eigenvalue weighted by Crippen LogP contribution is -2.40. The average molecular weight is 435 g/mol. The van der Waals surface area contributed by atoms with Crippen LogP contribution < -0.4 is 5.32 Å². The van der Waals surface area contributed by atoms with Gasteiger partial charge in [-0.25, -0.2) is 4.39 Å². The van der Waals surface area contributed by atoms with Gasteiger partial charge in [0.2, 0.25) is 5.91 Å². The van der Waals surface area contributed by atoms with Gasteiger partial charge in [0.25, 0.3) is 0 Å². The van der Waals surface area contributed by atoms with Crippen molar-refractivity contribution in [1.29, 1.82) is 0 Å². The first-order chi connectivity index (χ1) is 14.0. The van der Waals surface area contributed by atoms with E-state index in [9.17, 15) is 9.18 Å². The molecule has 0 saturated carbocycles. The molecule has 1 aliphatic heterocycles. The summed E-state index contributed by atoms with van der Waals surface area (Å²) in [5.74, 6) is 1.83. The van der Waals surface area contributed by atoms with E-state index in [1.165, 1.54) is 17.2 Å². The van der Waals surface area contributed by atoms with E-state index in [2.05, 4.69) is 41.4 Å². The smallest absolute Gasteiger partial charge is 0.223 e. The van der Waals surface area contributed by atoms with Crippen molar-refractivity contribution in [3.8, 4) is 0 Å². The number of piperidine rings is 1. The first-order valence-electron chi connectivity index (χ1n) is 10.1. The molecule has 1 heterocycles. The molecule has 2 aromatic rings. The van der Waals surface area contributed by atoms with Crippen molar-refractivity contribution in [1.82, 2.24) is 10.2 Å². The van der Waals surface area contributed by atoms with Gasteiger partial charge in [-0.2, -0.15) is 11.8 Å². The van der Waals surface area contributed by atoms with Crippen LogP contribution in [0.25, 0.3) is 0 Å². The lowest BCUT2D eigenvalue weighted by atomic mass is 9.95. The molecule has 1 N–H and O–H groups in total. The highest BCUT2D eigenvalue weighted by atomic mass is 35.5. The summed E-state index contributed by atoms with van der Waals surface area (Å²) in [6.07, 6.45) is 1.63. The molecule has 2 aromatic carbocycles. The standard InChI is InChI=1S/C23H28ClFN2OS/c1-17-3-2-4-18(13-17)16-29-12-9-26-23(28)19-7-10-27(11-8-19)15-20-5-6-21(24)14-22(20)25/h2-6,13-14,19H,7-12,15-16H2,1H3,(H,26,28). The summed E-state index contributed by atoms with van der Waals surface area (Å²) in [4.78, 5) is 14.6. The Hall–Kier alpha value is -1.56. The van der Waals surface area contributed by atoms with Crippen LogP contribution in [0.4, 0.5) is 4.39 Å². The Labute approximate surface area is 182 Å². The Kier molecular flexibility index (Phi) is 8.40. The molecule has 0 aliphatic carbocycles. The van der Waals surface area contributed by atoms with Crippen LogP contribution in [0.15, 0.2) is 42.5 Å². The molecular formula is C23H28ClFN2OS. The number of halogens is 2. The summed E-state index contributed by atoms with van der Waals surface area (Å²) in [5.41, 5.74) is 3.26. The number of hydrogen-bond donors (Lipinski definition) is 1. The molecule has 0 atom stereocenters.